The molecule has 1 atom stereocenters. The van der Waals surface area contributed by atoms with E-state index in [0.717, 1.165) is 55.3 Å². The molecule has 3 heterocycles. The van der Waals surface area contributed by atoms with Crippen LogP contribution in [-0.2, 0) is 24.2 Å². The second-order valence-corrected chi connectivity index (χ2v) is 13.3. The summed E-state index contributed by atoms with van der Waals surface area (Å²) < 4.78 is 21.2. The number of halogens is 1. The zero-order chi connectivity index (χ0) is 33.5. The Hall–Kier alpha value is -4.52. The average molecular weight is 685 g/mol. The first kappa shape index (κ1) is 33.4. The first-order valence-corrected chi connectivity index (χ1v) is 17.2. The number of nitrogens with zero attached hydrogens (tertiary/aromatic N) is 3. The highest BCUT2D eigenvalue weighted by molar-refractivity contribution is 8.00. The number of rotatable bonds is 9. The van der Waals surface area contributed by atoms with Gasteiger partial charge in [-0.15, -0.1) is 11.8 Å². The van der Waals surface area contributed by atoms with Crippen molar-refractivity contribution in [2.45, 2.75) is 36.5 Å². The number of hydrogen-bond donors (Lipinski definition) is 3. The molecule has 9 nitrogen and oxygen atoms in total. The van der Waals surface area contributed by atoms with Crippen molar-refractivity contribution in [1.82, 2.24) is 25.4 Å². The fourth-order valence-corrected chi connectivity index (χ4v) is 7.28. The van der Waals surface area contributed by atoms with Crippen LogP contribution in [0.15, 0.2) is 90.0 Å². The highest BCUT2D eigenvalue weighted by Crippen LogP contribution is 2.50. The summed E-state index contributed by atoms with van der Waals surface area (Å²) in [5.74, 6) is -0.195. The summed E-state index contributed by atoms with van der Waals surface area (Å²) in [5, 5.41) is 8.62. The number of carbonyl (C=O) groups is 2. The van der Waals surface area contributed by atoms with E-state index in [1.807, 2.05) is 42.2 Å². The van der Waals surface area contributed by atoms with E-state index in [2.05, 4.69) is 50.1 Å². The lowest BCUT2D eigenvalue weighted by atomic mass is 10.0. The number of carbonyl (C=O) groups excluding carboxylic acids is 2. The van der Waals surface area contributed by atoms with Crippen molar-refractivity contribution in [3.8, 4) is 11.5 Å². The van der Waals surface area contributed by atoms with Gasteiger partial charge in [0, 0.05) is 75.0 Å². The molecule has 2 aliphatic heterocycles. The van der Waals surface area contributed by atoms with E-state index in [9.17, 15) is 9.59 Å². The number of anilines is 1. The van der Waals surface area contributed by atoms with Crippen LogP contribution >= 0.6 is 24.0 Å². The van der Waals surface area contributed by atoms with Gasteiger partial charge in [-0.25, -0.2) is 9.18 Å². The van der Waals surface area contributed by atoms with Crippen LogP contribution < -0.4 is 20.7 Å². The largest absolute Gasteiger partial charge is 0.453 e. The molecule has 0 aliphatic carbocycles. The van der Waals surface area contributed by atoms with Crippen LogP contribution in [0.1, 0.15) is 34.6 Å². The Bertz CT molecular complexity index is 1770. The summed E-state index contributed by atoms with van der Waals surface area (Å²) in [4.78, 5) is 34.2. The third-order valence-electron chi connectivity index (χ3n) is 8.20. The maximum atomic E-state index is 15.2. The van der Waals surface area contributed by atoms with E-state index in [-0.39, 0.29) is 34.5 Å². The molecule has 248 valence electrons. The van der Waals surface area contributed by atoms with E-state index in [4.69, 9.17) is 17.0 Å². The number of ether oxygens (including phenoxy) is 1. The fourth-order valence-electron chi connectivity index (χ4n) is 5.73. The Balaban J connectivity index is 1.02. The van der Waals surface area contributed by atoms with Crippen molar-refractivity contribution in [1.29, 1.82) is 0 Å². The van der Waals surface area contributed by atoms with Gasteiger partial charge in [-0.1, -0.05) is 54.6 Å². The second kappa shape index (κ2) is 15.6. The number of thiocarbonyl (C=S) groups is 1. The minimum absolute atomic E-state index is 0.0127. The summed E-state index contributed by atoms with van der Waals surface area (Å²) in [6.07, 6.45) is 2.62. The molecular formula is C36H37FN6O3S2. The van der Waals surface area contributed by atoms with Gasteiger partial charge in [0.1, 0.15) is 5.75 Å². The van der Waals surface area contributed by atoms with Crippen LogP contribution in [0, 0.1) is 5.82 Å². The normalized spacial score (nSPS) is 15.8. The van der Waals surface area contributed by atoms with Gasteiger partial charge in [0.05, 0.1) is 17.0 Å². The molecule has 2 aliphatic rings. The van der Waals surface area contributed by atoms with E-state index in [0.29, 0.717) is 18.0 Å². The lowest BCUT2D eigenvalue weighted by molar-refractivity contribution is -0.119. The lowest BCUT2D eigenvalue weighted by Crippen LogP contribution is -2.51. The molecule has 3 N–H and O–H groups in total. The van der Waals surface area contributed by atoms with E-state index < -0.39 is 5.82 Å². The number of hydrogen-bond acceptors (Lipinski definition) is 7. The molecule has 0 spiro atoms. The van der Waals surface area contributed by atoms with Crippen LogP contribution in [0.2, 0.25) is 0 Å². The van der Waals surface area contributed by atoms with Gasteiger partial charge in [-0.3, -0.25) is 14.7 Å². The molecule has 3 amide bonds. The van der Waals surface area contributed by atoms with Gasteiger partial charge in [0.15, 0.2) is 16.7 Å². The van der Waals surface area contributed by atoms with Crippen LogP contribution in [0.5, 0.6) is 11.5 Å². The maximum absolute atomic E-state index is 15.2. The fraction of sp³-hybridized carbons (Fsp3) is 0.278. The van der Waals surface area contributed by atoms with Crippen molar-refractivity contribution in [3.05, 3.63) is 113 Å². The summed E-state index contributed by atoms with van der Waals surface area (Å²) in [6.45, 7) is 6.57. The van der Waals surface area contributed by atoms with Gasteiger partial charge in [0.25, 0.3) is 0 Å². The molecule has 48 heavy (non-hydrogen) atoms. The molecule has 1 saturated heterocycles. The molecule has 6 rings (SSSR count). The highest BCUT2D eigenvalue weighted by atomic mass is 32.2. The molecule has 1 fully saturated rings. The SMILES string of the molecule is CCNC(=O)N1CCN(Cc2ccc(C3Cc4nccc(Oc5ccc(NC(=S)NC(=O)Cc6ccccc6)cc5F)c4S3)cc2)CC1. The van der Waals surface area contributed by atoms with Gasteiger partial charge < -0.3 is 25.6 Å². The van der Waals surface area contributed by atoms with Crippen molar-refractivity contribution in [2.75, 3.05) is 38.0 Å². The predicted octanol–water partition coefficient (Wildman–Crippen LogP) is 6.31. The molecular weight excluding hydrogens is 648 g/mol. The zero-order valence-corrected chi connectivity index (χ0v) is 28.2. The molecule has 4 aromatic rings. The number of aromatic nitrogens is 1. The number of thioether (sulfide) groups is 1. The van der Waals surface area contributed by atoms with E-state index in [1.165, 1.54) is 23.3 Å². The van der Waals surface area contributed by atoms with Crippen LogP contribution in [-0.4, -0.2) is 64.6 Å². The van der Waals surface area contributed by atoms with Crippen LogP contribution in [0.3, 0.4) is 0 Å². The number of piperazine rings is 1. The van der Waals surface area contributed by atoms with Crippen molar-refractivity contribution in [3.63, 3.8) is 0 Å². The minimum Gasteiger partial charge on any atom is -0.453 e. The molecule has 1 unspecified atom stereocenters. The summed E-state index contributed by atoms with van der Waals surface area (Å²) in [6, 6.07) is 24.3. The number of nitrogens with one attached hydrogen (secondary N) is 3. The number of amides is 3. The summed E-state index contributed by atoms with van der Waals surface area (Å²) >= 11 is 6.93. The molecule has 3 aromatic carbocycles. The van der Waals surface area contributed by atoms with E-state index >= 15 is 4.39 Å². The van der Waals surface area contributed by atoms with E-state index in [1.54, 1.807) is 30.1 Å². The lowest BCUT2D eigenvalue weighted by Gasteiger charge is -2.34. The average Bonchev–Trinajstić information content (AvgIpc) is 3.53. The third kappa shape index (κ3) is 8.49. The summed E-state index contributed by atoms with van der Waals surface area (Å²) in [7, 11) is 0. The first-order chi connectivity index (χ1) is 23.3. The zero-order valence-electron chi connectivity index (χ0n) is 26.6. The predicted molar refractivity (Wildman–Crippen MR) is 190 cm³/mol. The topological polar surface area (TPSA) is 98.8 Å². The van der Waals surface area contributed by atoms with Gasteiger partial charge in [-0.2, -0.15) is 0 Å². The molecule has 0 radical (unpaired) electrons. The van der Waals surface area contributed by atoms with Gasteiger partial charge >= 0.3 is 6.03 Å². The first-order valence-electron chi connectivity index (χ1n) is 15.9. The number of benzene rings is 3. The van der Waals surface area contributed by atoms with Crippen LogP contribution in [0.4, 0.5) is 14.9 Å². The molecule has 12 heteroatoms. The molecule has 1 aromatic heterocycles. The summed E-state index contributed by atoms with van der Waals surface area (Å²) in [5.41, 5.74) is 4.61. The number of fused-ring (bicyclic) bond motifs is 1. The smallest absolute Gasteiger partial charge is 0.317 e. The number of pyridine rings is 1. The van der Waals surface area contributed by atoms with Crippen molar-refractivity contribution in [2.24, 2.45) is 0 Å². The number of urea groups is 1. The van der Waals surface area contributed by atoms with Gasteiger partial charge in [0.2, 0.25) is 5.91 Å². The molecule has 0 bridgehead atoms. The van der Waals surface area contributed by atoms with Crippen molar-refractivity contribution >= 4 is 46.7 Å². The monoisotopic (exact) mass is 684 g/mol. The molecule has 0 saturated carbocycles. The highest BCUT2D eigenvalue weighted by Gasteiger charge is 2.29. The standard InChI is InChI=1S/C36H37FN6O3S2/c1-2-38-36(45)43-18-16-42(17-19-43)23-25-8-10-26(11-9-25)32-22-29-34(48-32)31(14-15-39-29)46-30-13-12-27(21-28(30)37)40-35(47)41-33(44)20-24-6-4-3-5-7-24/h3-15,21,32H,2,16-20,22-23H2,1H3,(H,38,45)(H2,40,41,44,47). The third-order valence-corrected chi connectivity index (χ3v) is 9.80. The Labute approximate surface area is 289 Å². The van der Waals surface area contributed by atoms with Gasteiger partial charge in [-0.05, 0) is 48.0 Å². The Morgan fingerprint density at radius 2 is 1.75 bits per heavy atom. The second-order valence-electron chi connectivity index (χ2n) is 11.6. The minimum atomic E-state index is -0.565. The van der Waals surface area contributed by atoms with Crippen molar-refractivity contribution < 1.29 is 18.7 Å². The maximum Gasteiger partial charge on any atom is 0.317 e. The Kier molecular flexibility index (Phi) is 10.8. The quantitative estimate of drug-likeness (QED) is 0.177. The van der Waals surface area contributed by atoms with Crippen LogP contribution in [0.25, 0.3) is 0 Å². The Morgan fingerprint density at radius 1 is 0.979 bits per heavy atom. The Morgan fingerprint density at radius 3 is 2.48 bits per heavy atom.